The second kappa shape index (κ2) is 4.21. The Labute approximate surface area is 89.0 Å². The summed E-state index contributed by atoms with van der Waals surface area (Å²) in [6.45, 7) is 0.268. The molecule has 2 rings (SSSR count). The van der Waals surface area contributed by atoms with Gasteiger partial charge >= 0.3 is 5.97 Å². The van der Waals surface area contributed by atoms with Crippen molar-refractivity contribution >= 4 is 11.9 Å². The van der Waals surface area contributed by atoms with E-state index >= 15 is 0 Å². The van der Waals surface area contributed by atoms with Gasteiger partial charge < -0.3 is 10.4 Å². The molecule has 0 bridgehead atoms. The molecule has 2 aliphatic rings. The van der Waals surface area contributed by atoms with Gasteiger partial charge in [0.25, 0.3) is 0 Å². The van der Waals surface area contributed by atoms with Crippen molar-refractivity contribution in [3.63, 3.8) is 0 Å². The van der Waals surface area contributed by atoms with Crippen molar-refractivity contribution in [2.45, 2.75) is 32.1 Å². The molecule has 0 radical (unpaired) electrons. The maximum Gasteiger partial charge on any atom is 0.305 e. The van der Waals surface area contributed by atoms with Crippen molar-refractivity contribution in [3.8, 4) is 0 Å². The molecule has 2 fully saturated rings. The molecule has 0 aliphatic heterocycles. The van der Waals surface area contributed by atoms with Crippen LogP contribution in [0.5, 0.6) is 0 Å². The fourth-order valence-electron chi connectivity index (χ4n) is 2.13. The van der Waals surface area contributed by atoms with Gasteiger partial charge in [-0.05, 0) is 37.5 Å². The minimum Gasteiger partial charge on any atom is -0.481 e. The summed E-state index contributed by atoms with van der Waals surface area (Å²) in [7, 11) is 0. The van der Waals surface area contributed by atoms with E-state index in [2.05, 4.69) is 5.32 Å². The molecule has 0 saturated heterocycles. The van der Waals surface area contributed by atoms with Gasteiger partial charge in [-0.15, -0.1) is 0 Å². The molecule has 4 heteroatoms. The first-order valence-corrected chi connectivity index (χ1v) is 5.68. The predicted molar refractivity (Wildman–Crippen MR) is 54.2 cm³/mol. The zero-order valence-electron chi connectivity index (χ0n) is 8.74. The molecule has 0 spiro atoms. The van der Waals surface area contributed by atoms with Crippen LogP contribution in [-0.4, -0.2) is 23.5 Å². The zero-order chi connectivity index (χ0) is 10.8. The first kappa shape index (κ1) is 10.5. The van der Waals surface area contributed by atoms with Crippen LogP contribution in [-0.2, 0) is 9.59 Å². The van der Waals surface area contributed by atoms with E-state index < -0.39 is 5.97 Å². The van der Waals surface area contributed by atoms with Gasteiger partial charge in [0.1, 0.15) is 0 Å². The Morgan fingerprint density at radius 3 is 2.13 bits per heavy atom. The van der Waals surface area contributed by atoms with Crippen LogP contribution in [0.2, 0.25) is 0 Å². The number of carbonyl (C=O) groups is 2. The van der Waals surface area contributed by atoms with E-state index in [1.165, 1.54) is 25.7 Å². The van der Waals surface area contributed by atoms with Crippen molar-refractivity contribution in [3.05, 3.63) is 0 Å². The first-order valence-electron chi connectivity index (χ1n) is 5.68. The number of amides is 1. The highest BCUT2D eigenvalue weighted by Gasteiger charge is 2.45. The number of nitrogens with one attached hydrogen (secondary N) is 1. The molecule has 84 valence electrons. The highest BCUT2D eigenvalue weighted by molar-refractivity contribution is 5.80. The summed E-state index contributed by atoms with van der Waals surface area (Å²) in [5, 5.41) is 11.2. The van der Waals surface area contributed by atoms with Crippen molar-refractivity contribution < 1.29 is 14.7 Å². The molecule has 0 aromatic carbocycles. The van der Waals surface area contributed by atoms with Gasteiger partial charge in [0, 0.05) is 12.5 Å². The molecule has 0 aromatic rings. The second-order valence-electron chi connectivity index (χ2n) is 4.64. The third-order valence-corrected chi connectivity index (χ3v) is 3.20. The Balaban J connectivity index is 1.75. The number of aliphatic carboxylic acids is 1. The van der Waals surface area contributed by atoms with Gasteiger partial charge in [0.05, 0.1) is 6.42 Å². The predicted octanol–water partition coefficient (Wildman–Crippen LogP) is 1.01. The molecule has 2 saturated carbocycles. The van der Waals surface area contributed by atoms with E-state index in [0.29, 0.717) is 11.8 Å². The maximum absolute atomic E-state index is 11.8. The third kappa shape index (κ3) is 2.94. The van der Waals surface area contributed by atoms with Crippen LogP contribution < -0.4 is 5.32 Å². The normalized spacial score (nSPS) is 20.3. The first-order chi connectivity index (χ1) is 7.18. The Hall–Kier alpha value is -1.06. The Morgan fingerprint density at radius 1 is 1.20 bits per heavy atom. The summed E-state index contributed by atoms with van der Waals surface area (Å²) < 4.78 is 0. The summed E-state index contributed by atoms with van der Waals surface area (Å²) in [4.78, 5) is 22.1. The van der Waals surface area contributed by atoms with Crippen LogP contribution in [0.25, 0.3) is 0 Å². The summed E-state index contributed by atoms with van der Waals surface area (Å²) in [6.07, 6.45) is 4.72. The maximum atomic E-state index is 11.8. The quantitative estimate of drug-likeness (QED) is 0.689. The highest BCUT2D eigenvalue weighted by atomic mass is 16.4. The molecule has 1 amide bonds. The SMILES string of the molecule is O=C(O)CCNC(=O)C(C1CC1)C1CC1. The Bertz CT molecular complexity index is 257. The van der Waals surface area contributed by atoms with Gasteiger partial charge in [-0.2, -0.15) is 0 Å². The van der Waals surface area contributed by atoms with Crippen molar-refractivity contribution in [2.24, 2.45) is 17.8 Å². The fraction of sp³-hybridized carbons (Fsp3) is 0.818. The summed E-state index contributed by atoms with van der Waals surface area (Å²) >= 11 is 0. The minimum atomic E-state index is -0.857. The second-order valence-corrected chi connectivity index (χ2v) is 4.64. The van der Waals surface area contributed by atoms with Crippen LogP contribution in [0.3, 0.4) is 0 Å². The lowest BCUT2D eigenvalue weighted by atomic mass is 9.97. The molecule has 0 aromatic heterocycles. The smallest absolute Gasteiger partial charge is 0.305 e. The van der Waals surface area contributed by atoms with E-state index in [9.17, 15) is 9.59 Å². The number of carboxylic acids is 1. The molecule has 15 heavy (non-hydrogen) atoms. The zero-order valence-corrected chi connectivity index (χ0v) is 8.74. The van der Waals surface area contributed by atoms with Crippen molar-refractivity contribution in [2.75, 3.05) is 6.54 Å². The minimum absolute atomic E-state index is 0.0216. The lowest BCUT2D eigenvalue weighted by Crippen LogP contribution is -2.34. The Morgan fingerprint density at radius 2 is 1.73 bits per heavy atom. The monoisotopic (exact) mass is 211 g/mol. The van der Waals surface area contributed by atoms with Gasteiger partial charge in [-0.1, -0.05) is 0 Å². The number of carboxylic acid groups (broad SMARTS) is 1. The van der Waals surface area contributed by atoms with Crippen LogP contribution in [0, 0.1) is 17.8 Å². The van der Waals surface area contributed by atoms with Crippen LogP contribution >= 0.6 is 0 Å². The average molecular weight is 211 g/mol. The number of carbonyl (C=O) groups excluding carboxylic acids is 1. The number of rotatable bonds is 6. The molecule has 0 unspecified atom stereocenters. The van der Waals surface area contributed by atoms with E-state index in [4.69, 9.17) is 5.11 Å². The number of hydrogen-bond acceptors (Lipinski definition) is 2. The molecule has 0 atom stereocenters. The molecular formula is C11H17NO3. The fourth-order valence-corrected chi connectivity index (χ4v) is 2.13. The van der Waals surface area contributed by atoms with Crippen molar-refractivity contribution in [1.82, 2.24) is 5.32 Å². The highest BCUT2D eigenvalue weighted by Crippen LogP contribution is 2.49. The van der Waals surface area contributed by atoms with Crippen LogP contribution in [0.15, 0.2) is 0 Å². The van der Waals surface area contributed by atoms with Gasteiger partial charge in [-0.25, -0.2) is 0 Å². The topological polar surface area (TPSA) is 66.4 Å². The van der Waals surface area contributed by atoms with Crippen LogP contribution in [0.1, 0.15) is 32.1 Å². The summed E-state index contributed by atoms with van der Waals surface area (Å²) in [5.41, 5.74) is 0. The number of hydrogen-bond donors (Lipinski definition) is 2. The van der Waals surface area contributed by atoms with Gasteiger partial charge in [-0.3, -0.25) is 9.59 Å². The third-order valence-electron chi connectivity index (χ3n) is 3.20. The molecular weight excluding hydrogens is 194 g/mol. The van der Waals surface area contributed by atoms with Crippen LogP contribution in [0.4, 0.5) is 0 Å². The summed E-state index contributed by atoms with van der Waals surface area (Å²) in [5.74, 6) is 0.578. The van der Waals surface area contributed by atoms with Crippen molar-refractivity contribution in [1.29, 1.82) is 0 Å². The molecule has 4 nitrogen and oxygen atoms in total. The van der Waals surface area contributed by atoms with E-state index in [-0.39, 0.29) is 24.8 Å². The Kier molecular flexibility index (Phi) is 2.93. The average Bonchev–Trinajstić information content (AvgIpc) is 2.97. The lowest BCUT2D eigenvalue weighted by molar-refractivity contribution is -0.137. The largest absolute Gasteiger partial charge is 0.481 e. The lowest BCUT2D eigenvalue weighted by Gasteiger charge is -2.14. The molecule has 2 N–H and O–H groups in total. The van der Waals surface area contributed by atoms with Gasteiger partial charge in [0.15, 0.2) is 0 Å². The summed E-state index contributed by atoms with van der Waals surface area (Å²) in [6, 6.07) is 0. The van der Waals surface area contributed by atoms with E-state index in [0.717, 1.165) is 0 Å². The van der Waals surface area contributed by atoms with Gasteiger partial charge in [0.2, 0.25) is 5.91 Å². The molecule has 2 aliphatic carbocycles. The van der Waals surface area contributed by atoms with E-state index in [1.807, 2.05) is 0 Å². The standard InChI is InChI=1S/C11H17NO3/c13-9(14)5-6-12-11(15)10(7-1-2-7)8-3-4-8/h7-8,10H,1-6H2,(H,12,15)(H,13,14). The van der Waals surface area contributed by atoms with E-state index in [1.54, 1.807) is 0 Å². The molecule has 0 heterocycles.